The summed E-state index contributed by atoms with van der Waals surface area (Å²) in [5.74, 6) is 0. The van der Waals surface area contributed by atoms with E-state index in [1.807, 2.05) is 12.1 Å². The molecule has 5 heteroatoms. The van der Waals surface area contributed by atoms with E-state index >= 15 is 0 Å². The standard InChI is InChI=1S/C36H57NO4/c1-6-8-10-11-18-24-37(5)34-31(39-26-29-19-14-12-15-20-29)25-32(40-27-30-21-16-13-17-22-30)35(34)41-28-33(38)36(3,4)23-9-7-2/h12-17,19-22,31-35,38H,6-11,18,23-28H2,1-5H3. The third-order valence-corrected chi connectivity index (χ3v) is 8.81. The van der Waals surface area contributed by atoms with E-state index in [0.29, 0.717) is 19.8 Å². The van der Waals surface area contributed by atoms with E-state index in [1.54, 1.807) is 0 Å². The average molecular weight is 568 g/mol. The quantitative estimate of drug-likeness (QED) is 0.166. The van der Waals surface area contributed by atoms with Crippen molar-refractivity contribution < 1.29 is 19.3 Å². The maximum absolute atomic E-state index is 11.2. The van der Waals surface area contributed by atoms with Crippen LogP contribution in [0.3, 0.4) is 0 Å². The van der Waals surface area contributed by atoms with Gasteiger partial charge >= 0.3 is 0 Å². The van der Waals surface area contributed by atoms with Crippen molar-refractivity contribution in [3.8, 4) is 0 Å². The van der Waals surface area contributed by atoms with Crippen LogP contribution in [0.25, 0.3) is 0 Å². The van der Waals surface area contributed by atoms with Crippen molar-refractivity contribution >= 4 is 0 Å². The molecular weight excluding hydrogens is 510 g/mol. The monoisotopic (exact) mass is 567 g/mol. The number of hydrogen-bond acceptors (Lipinski definition) is 5. The van der Waals surface area contributed by atoms with Crippen molar-refractivity contribution in [3.63, 3.8) is 0 Å². The highest BCUT2D eigenvalue weighted by Crippen LogP contribution is 2.35. The summed E-state index contributed by atoms with van der Waals surface area (Å²) >= 11 is 0. The van der Waals surface area contributed by atoms with E-state index in [9.17, 15) is 5.11 Å². The van der Waals surface area contributed by atoms with E-state index in [4.69, 9.17) is 14.2 Å². The summed E-state index contributed by atoms with van der Waals surface area (Å²) in [6, 6.07) is 20.8. The maximum Gasteiger partial charge on any atom is 0.102 e. The highest BCUT2D eigenvalue weighted by Gasteiger charge is 2.48. The molecular formula is C36H57NO4. The lowest BCUT2D eigenvalue weighted by molar-refractivity contribution is -0.121. The Labute approximate surface area is 250 Å². The summed E-state index contributed by atoms with van der Waals surface area (Å²) in [4.78, 5) is 2.44. The first-order valence-electron chi connectivity index (χ1n) is 16.2. The second kappa shape index (κ2) is 18.0. The number of benzene rings is 2. The molecule has 0 aromatic heterocycles. The van der Waals surface area contributed by atoms with Crippen LogP contribution < -0.4 is 0 Å². The molecule has 5 unspecified atom stereocenters. The van der Waals surface area contributed by atoms with Crippen molar-refractivity contribution in [1.82, 2.24) is 4.90 Å². The van der Waals surface area contributed by atoms with Crippen molar-refractivity contribution in [1.29, 1.82) is 0 Å². The Morgan fingerprint density at radius 3 is 1.93 bits per heavy atom. The molecule has 0 radical (unpaired) electrons. The van der Waals surface area contributed by atoms with Gasteiger partial charge in [-0.3, -0.25) is 4.90 Å². The molecule has 0 spiro atoms. The first-order chi connectivity index (χ1) is 19.9. The lowest BCUT2D eigenvalue weighted by Crippen LogP contribution is -2.49. The molecule has 5 atom stereocenters. The van der Waals surface area contributed by atoms with Crippen LogP contribution in [0.4, 0.5) is 0 Å². The Kier molecular flexibility index (Phi) is 14.8. The Bertz CT molecular complexity index is 937. The largest absolute Gasteiger partial charge is 0.390 e. The second-order valence-corrected chi connectivity index (χ2v) is 12.7. The summed E-state index contributed by atoms with van der Waals surface area (Å²) in [7, 11) is 2.21. The number of aliphatic hydroxyl groups is 1. The number of rotatable bonds is 20. The van der Waals surface area contributed by atoms with E-state index < -0.39 is 6.10 Å². The number of hydrogen-bond donors (Lipinski definition) is 1. The van der Waals surface area contributed by atoms with Crippen LogP contribution in [0.2, 0.25) is 0 Å². The number of nitrogens with zero attached hydrogens (tertiary/aromatic N) is 1. The first kappa shape index (κ1) is 33.7. The summed E-state index contributed by atoms with van der Waals surface area (Å²) in [6.45, 7) is 11.2. The third kappa shape index (κ3) is 11.1. The van der Waals surface area contributed by atoms with Gasteiger partial charge in [-0.25, -0.2) is 0 Å². The van der Waals surface area contributed by atoms with Gasteiger partial charge < -0.3 is 19.3 Å². The summed E-state index contributed by atoms with van der Waals surface area (Å²) in [6.07, 6.45) is 9.36. The average Bonchev–Trinajstić information content (AvgIpc) is 3.34. The van der Waals surface area contributed by atoms with Gasteiger partial charge in [-0.15, -0.1) is 0 Å². The SMILES string of the molecule is CCCCCCCN(C)C1C(OCc2ccccc2)CC(OCc2ccccc2)C1OCC(O)C(C)(C)CCCC. The van der Waals surface area contributed by atoms with Crippen molar-refractivity contribution in [3.05, 3.63) is 71.8 Å². The fourth-order valence-electron chi connectivity index (χ4n) is 5.90. The minimum atomic E-state index is -0.534. The van der Waals surface area contributed by atoms with Gasteiger partial charge in [0.25, 0.3) is 0 Å². The lowest BCUT2D eigenvalue weighted by Gasteiger charge is -2.36. The molecule has 1 aliphatic rings. The van der Waals surface area contributed by atoms with E-state index in [2.05, 4.69) is 88.2 Å². The van der Waals surface area contributed by atoms with Crippen LogP contribution >= 0.6 is 0 Å². The van der Waals surface area contributed by atoms with Gasteiger partial charge in [-0.2, -0.15) is 0 Å². The van der Waals surface area contributed by atoms with E-state index in [0.717, 1.165) is 44.2 Å². The highest BCUT2D eigenvalue weighted by atomic mass is 16.6. The van der Waals surface area contributed by atoms with Crippen LogP contribution in [0.15, 0.2) is 60.7 Å². The lowest BCUT2D eigenvalue weighted by atomic mass is 9.82. The molecule has 41 heavy (non-hydrogen) atoms. The Morgan fingerprint density at radius 1 is 0.780 bits per heavy atom. The molecule has 1 N–H and O–H groups in total. The molecule has 0 saturated heterocycles. The zero-order valence-corrected chi connectivity index (χ0v) is 26.5. The highest BCUT2D eigenvalue weighted by molar-refractivity contribution is 5.15. The first-order valence-corrected chi connectivity index (χ1v) is 16.2. The third-order valence-electron chi connectivity index (χ3n) is 8.81. The number of aliphatic hydroxyl groups excluding tert-OH is 1. The number of likely N-dealkylation sites (N-methyl/N-ethyl adjacent to an activating group) is 1. The zero-order valence-electron chi connectivity index (χ0n) is 26.5. The molecule has 1 saturated carbocycles. The van der Waals surface area contributed by atoms with E-state index in [-0.39, 0.29) is 29.8 Å². The van der Waals surface area contributed by atoms with Crippen molar-refractivity contribution in [2.24, 2.45) is 5.41 Å². The molecule has 0 heterocycles. The summed E-state index contributed by atoms with van der Waals surface area (Å²) < 4.78 is 19.9. The molecule has 230 valence electrons. The predicted molar refractivity (Wildman–Crippen MR) is 169 cm³/mol. The van der Waals surface area contributed by atoms with Gasteiger partial charge in [0.1, 0.15) is 6.10 Å². The van der Waals surface area contributed by atoms with Gasteiger partial charge in [0.05, 0.1) is 44.2 Å². The van der Waals surface area contributed by atoms with Crippen LogP contribution in [0.1, 0.15) is 96.6 Å². The summed E-state index contributed by atoms with van der Waals surface area (Å²) in [5.41, 5.74) is 2.13. The smallest absolute Gasteiger partial charge is 0.102 e. The fourth-order valence-corrected chi connectivity index (χ4v) is 5.90. The normalized spacial score (nSPS) is 21.9. The minimum Gasteiger partial charge on any atom is -0.390 e. The molecule has 0 amide bonds. The minimum absolute atomic E-state index is 0.0214. The molecule has 0 aliphatic heterocycles. The van der Waals surface area contributed by atoms with Crippen molar-refractivity contribution in [2.45, 2.75) is 129 Å². The molecule has 2 aromatic carbocycles. The van der Waals surface area contributed by atoms with E-state index in [1.165, 1.54) is 31.2 Å². The second-order valence-electron chi connectivity index (χ2n) is 12.7. The molecule has 3 rings (SSSR count). The van der Waals surface area contributed by atoms with Gasteiger partial charge in [-0.05, 0) is 43.0 Å². The van der Waals surface area contributed by atoms with Crippen LogP contribution in [-0.2, 0) is 27.4 Å². The fraction of sp³-hybridized carbons (Fsp3) is 0.667. The molecule has 1 aliphatic carbocycles. The Hall–Kier alpha value is -1.76. The predicted octanol–water partition coefficient (Wildman–Crippen LogP) is 7.79. The Morgan fingerprint density at radius 2 is 1.34 bits per heavy atom. The summed E-state index contributed by atoms with van der Waals surface area (Å²) in [5, 5.41) is 11.2. The number of ether oxygens (including phenoxy) is 3. The van der Waals surface area contributed by atoms with Crippen LogP contribution in [0.5, 0.6) is 0 Å². The van der Waals surface area contributed by atoms with Crippen LogP contribution in [-0.4, -0.2) is 60.7 Å². The van der Waals surface area contributed by atoms with Gasteiger partial charge in [0.15, 0.2) is 0 Å². The van der Waals surface area contributed by atoms with Gasteiger partial charge in [-0.1, -0.05) is 127 Å². The maximum atomic E-state index is 11.2. The number of unbranched alkanes of at least 4 members (excludes halogenated alkanes) is 5. The molecule has 5 nitrogen and oxygen atoms in total. The van der Waals surface area contributed by atoms with Gasteiger partial charge in [0.2, 0.25) is 0 Å². The molecule has 0 bridgehead atoms. The van der Waals surface area contributed by atoms with Crippen LogP contribution in [0, 0.1) is 5.41 Å². The zero-order chi connectivity index (χ0) is 29.5. The topological polar surface area (TPSA) is 51.2 Å². The van der Waals surface area contributed by atoms with Crippen molar-refractivity contribution in [2.75, 3.05) is 20.2 Å². The van der Waals surface area contributed by atoms with Gasteiger partial charge in [0, 0.05) is 6.42 Å². The Balaban J connectivity index is 1.77. The molecule has 1 fully saturated rings. The molecule has 2 aromatic rings.